The van der Waals surface area contributed by atoms with Crippen molar-refractivity contribution in [3.05, 3.63) is 119 Å². The van der Waals surface area contributed by atoms with Gasteiger partial charge in [0.1, 0.15) is 0 Å². The first-order chi connectivity index (χ1) is 20.4. The van der Waals surface area contributed by atoms with Gasteiger partial charge >= 0.3 is 11.9 Å². The van der Waals surface area contributed by atoms with E-state index in [4.69, 9.17) is 18.9 Å². The smallest absolute Gasteiger partial charge is 0.338 e. The third-order valence-corrected chi connectivity index (χ3v) is 7.03. The Balaban J connectivity index is 1.64. The number of rotatable bonds is 13. The van der Waals surface area contributed by atoms with E-state index in [-0.39, 0.29) is 36.5 Å². The fraction of sp³-hybridized carbons (Fsp3) is 0.235. The van der Waals surface area contributed by atoms with Gasteiger partial charge in [0.25, 0.3) is 0 Å². The third-order valence-electron chi connectivity index (χ3n) is 7.03. The molecule has 42 heavy (non-hydrogen) atoms. The van der Waals surface area contributed by atoms with Gasteiger partial charge in [-0.05, 0) is 72.5 Å². The summed E-state index contributed by atoms with van der Waals surface area (Å²) in [6.07, 6.45) is 0.830. The minimum Gasteiger partial charge on any atom is -0.504 e. The Morgan fingerprint density at radius 3 is 1.55 bits per heavy atom. The molecule has 0 bridgehead atoms. The van der Waals surface area contributed by atoms with Crippen LogP contribution in [0.3, 0.4) is 0 Å². The molecule has 8 heteroatoms. The van der Waals surface area contributed by atoms with Gasteiger partial charge in [0, 0.05) is 11.8 Å². The zero-order chi connectivity index (χ0) is 29.9. The van der Waals surface area contributed by atoms with Crippen molar-refractivity contribution in [2.75, 3.05) is 27.4 Å². The monoisotopic (exact) mass is 570 g/mol. The number of ether oxygens (including phenoxy) is 4. The van der Waals surface area contributed by atoms with Crippen LogP contribution < -0.4 is 9.47 Å². The van der Waals surface area contributed by atoms with E-state index in [2.05, 4.69) is 0 Å². The van der Waals surface area contributed by atoms with Crippen molar-refractivity contribution in [2.24, 2.45) is 11.8 Å². The van der Waals surface area contributed by atoms with E-state index in [1.807, 2.05) is 18.2 Å². The van der Waals surface area contributed by atoms with Crippen LogP contribution in [0.25, 0.3) is 0 Å². The van der Waals surface area contributed by atoms with E-state index < -0.39 is 11.9 Å². The molecule has 2 N–H and O–H groups in total. The van der Waals surface area contributed by atoms with Crippen LogP contribution in [0.15, 0.2) is 97.1 Å². The molecule has 0 unspecified atom stereocenters. The van der Waals surface area contributed by atoms with Gasteiger partial charge < -0.3 is 29.2 Å². The molecule has 0 aromatic heterocycles. The van der Waals surface area contributed by atoms with Crippen LogP contribution in [-0.4, -0.2) is 49.6 Å². The molecule has 218 valence electrons. The van der Waals surface area contributed by atoms with Crippen LogP contribution in [0.1, 0.15) is 31.8 Å². The van der Waals surface area contributed by atoms with Crippen molar-refractivity contribution >= 4 is 11.9 Å². The van der Waals surface area contributed by atoms with Crippen molar-refractivity contribution in [1.29, 1.82) is 0 Å². The van der Waals surface area contributed by atoms with Gasteiger partial charge in [0.15, 0.2) is 23.0 Å². The van der Waals surface area contributed by atoms with Crippen LogP contribution in [0.2, 0.25) is 0 Å². The summed E-state index contributed by atoms with van der Waals surface area (Å²) in [6, 6.07) is 27.6. The number of hydrogen-bond donors (Lipinski definition) is 2. The Bertz CT molecular complexity index is 1470. The summed E-state index contributed by atoms with van der Waals surface area (Å²) in [5, 5.41) is 20.5. The first-order valence-electron chi connectivity index (χ1n) is 13.5. The van der Waals surface area contributed by atoms with Crippen molar-refractivity contribution < 1.29 is 38.7 Å². The fourth-order valence-electron chi connectivity index (χ4n) is 4.72. The van der Waals surface area contributed by atoms with Crippen LogP contribution in [0, 0.1) is 11.8 Å². The average molecular weight is 571 g/mol. The highest BCUT2D eigenvalue weighted by Gasteiger charge is 2.27. The van der Waals surface area contributed by atoms with Gasteiger partial charge in [-0.15, -0.1) is 0 Å². The summed E-state index contributed by atoms with van der Waals surface area (Å²) in [6.45, 7) is 0.0654. The summed E-state index contributed by atoms with van der Waals surface area (Å²) in [7, 11) is 2.95. The van der Waals surface area contributed by atoms with E-state index in [0.29, 0.717) is 35.5 Å². The molecule has 8 nitrogen and oxygen atoms in total. The van der Waals surface area contributed by atoms with Crippen molar-refractivity contribution in [3.8, 4) is 23.0 Å². The maximum absolute atomic E-state index is 12.9. The van der Waals surface area contributed by atoms with Gasteiger partial charge in [-0.2, -0.15) is 0 Å². The van der Waals surface area contributed by atoms with E-state index in [0.717, 1.165) is 11.1 Å². The van der Waals surface area contributed by atoms with Gasteiger partial charge in [0.2, 0.25) is 0 Å². The number of carbonyl (C=O) groups excluding carboxylic acids is 2. The SMILES string of the molecule is COc1ccc(C[C@@H](COC(=O)c2ccccc2)[C@H](COC(=O)c2ccccc2)Cc2ccc(O)c(OC)c2)cc1O. The zero-order valence-electron chi connectivity index (χ0n) is 23.6. The highest BCUT2D eigenvalue weighted by molar-refractivity contribution is 5.89. The number of carbonyl (C=O) groups is 2. The van der Waals surface area contributed by atoms with Gasteiger partial charge in [-0.25, -0.2) is 9.59 Å². The molecule has 0 aliphatic carbocycles. The Hall–Kier alpha value is -4.98. The lowest BCUT2D eigenvalue weighted by atomic mass is 9.83. The number of benzene rings is 4. The summed E-state index contributed by atoms with van der Waals surface area (Å²) < 4.78 is 22.1. The number of aromatic hydroxyl groups is 2. The Labute approximate surface area is 245 Å². The Kier molecular flexibility index (Phi) is 10.4. The van der Waals surface area contributed by atoms with E-state index in [1.54, 1.807) is 78.9 Å². The molecule has 4 aromatic rings. The highest BCUT2D eigenvalue weighted by Crippen LogP contribution is 2.32. The summed E-state index contributed by atoms with van der Waals surface area (Å²) in [5.74, 6) is -0.917. The molecule has 0 saturated heterocycles. The molecule has 0 aliphatic rings. The minimum absolute atomic E-state index is 0.00893. The second-order valence-corrected chi connectivity index (χ2v) is 9.87. The topological polar surface area (TPSA) is 112 Å². The van der Waals surface area contributed by atoms with Gasteiger partial charge in [-0.3, -0.25) is 0 Å². The molecule has 0 heterocycles. The second-order valence-electron chi connectivity index (χ2n) is 9.87. The minimum atomic E-state index is -0.468. The maximum Gasteiger partial charge on any atom is 0.338 e. The predicted molar refractivity (Wildman–Crippen MR) is 157 cm³/mol. The molecule has 4 aromatic carbocycles. The first-order valence-corrected chi connectivity index (χ1v) is 13.5. The quantitative estimate of drug-likeness (QED) is 0.193. The average Bonchev–Trinajstić information content (AvgIpc) is 3.02. The van der Waals surface area contributed by atoms with Crippen LogP contribution >= 0.6 is 0 Å². The molecular weight excluding hydrogens is 536 g/mol. The Morgan fingerprint density at radius 1 is 0.595 bits per heavy atom. The highest BCUT2D eigenvalue weighted by atomic mass is 16.5. The molecule has 2 atom stereocenters. The molecule has 0 spiro atoms. The van der Waals surface area contributed by atoms with Crippen molar-refractivity contribution in [1.82, 2.24) is 0 Å². The molecule has 0 fully saturated rings. The summed E-state index contributed by atoms with van der Waals surface area (Å²) in [4.78, 5) is 25.8. The normalized spacial score (nSPS) is 12.1. The molecule has 0 saturated carbocycles. The largest absolute Gasteiger partial charge is 0.504 e. The second kappa shape index (κ2) is 14.6. The Morgan fingerprint density at radius 2 is 1.07 bits per heavy atom. The van der Waals surface area contributed by atoms with E-state index in [1.165, 1.54) is 14.2 Å². The number of methoxy groups -OCH3 is 2. The fourth-order valence-corrected chi connectivity index (χ4v) is 4.72. The number of esters is 2. The summed E-state index contributed by atoms with van der Waals surface area (Å²) in [5.41, 5.74) is 2.47. The van der Waals surface area contributed by atoms with E-state index in [9.17, 15) is 19.8 Å². The number of phenolic OH excluding ortho intramolecular Hbond substituents is 2. The molecule has 0 aliphatic heterocycles. The van der Waals surface area contributed by atoms with E-state index >= 15 is 0 Å². The third kappa shape index (κ3) is 8.04. The molecule has 0 amide bonds. The predicted octanol–water partition coefficient (Wildman–Crippen LogP) is 5.85. The molecule has 0 radical (unpaired) electrons. The lowest BCUT2D eigenvalue weighted by Crippen LogP contribution is -2.30. The number of hydrogen-bond acceptors (Lipinski definition) is 8. The summed E-state index contributed by atoms with van der Waals surface area (Å²) >= 11 is 0. The van der Waals surface area contributed by atoms with Crippen LogP contribution in [0.4, 0.5) is 0 Å². The lowest BCUT2D eigenvalue weighted by molar-refractivity contribution is 0.0221. The lowest BCUT2D eigenvalue weighted by Gasteiger charge is -2.27. The van der Waals surface area contributed by atoms with Crippen molar-refractivity contribution in [2.45, 2.75) is 12.8 Å². The standard InChI is InChI=1S/C34H34O8/c1-39-31-16-14-23(19-30(31)36)17-27(21-41-33(37)25-9-5-3-6-10-25)28(18-24-13-15-29(35)32(20-24)40-2)22-42-34(38)26-11-7-4-8-12-26/h3-16,19-20,27-28,35-36H,17-18,21-22H2,1-2H3/t27-,28-/m0/s1. The molecular formula is C34H34O8. The van der Waals surface area contributed by atoms with Gasteiger partial charge in [0.05, 0.1) is 38.6 Å². The first kappa shape index (κ1) is 30.0. The van der Waals surface area contributed by atoms with Gasteiger partial charge in [-0.1, -0.05) is 48.5 Å². The van der Waals surface area contributed by atoms with Crippen LogP contribution in [0.5, 0.6) is 23.0 Å². The van der Waals surface area contributed by atoms with Crippen LogP contribution in [-0.2, 0) is 22.3 Å². The number of phenols is 2. The maximum atomic E-state index is 12.9. The van der Waals surface area contributed by atoms with Crippen molar-refractivity contribution in [3.63, 3.8) is 0 Å². The zero-order valence-corrected chi connectivity index (χ0v) is 23.6. The molecule has 4 rings (SSSR count).